The molecular weight excluding hydrogens is 360 g/mol. The predicted molar refractivity (Wildman–Crippen MR) is 79.8 cm³/mol. The van der Waals surface area contributed by atoms with E-state index in [0.29, 0.717) is 22.4 Å². The van der Waals surface area contributed by atoms with Crippen LogP contribution in [0.5, 0.6) is 0 Å². The van der Waals surface area contributed by atoms with E-state index in [0.717, 1.165) is 0 Å². The first-order valence-corrected chi connectivity index (χ1v) is 8.51. The highest BCUT2D eigenvalue weighted by atomic mass is 79.9. The van der Waals surface area contributed by atoms with Gasteiger partial charge in [-0.1, -0.05) is 6.07 Å². The molecule has 0 aliphatic rings. The van der Waals surface area contributed by atoms with Crippen molar-refractivity contribution in [3.63, 3.8) is 0 Å². The Morgan fingerprint density at radius 1 is 1.43 bits per heavy atom. The number of aryl methyl sites for hydroxylation is 1. The first-order chi connectivity index (χ1) is 9.97. The molecule has 7 nitrogen and oxygen atoms in total. The van der Waals surface area contributed by atoms with Gasteiger partial charge in [0.25, 0.3) is 0 Å². The third kappa shape index (κ3) is 3.67. The smallest absolute Gasteiger partial charge is 0.242 e. The van der Waals surface area contributed by atoms with E-state index in [2.05, 4.69) is 30.8 Å². The number of rotatable bonds is 6. The molecule has 1 aromatic carbocycles. The Morgan fingerprint density at radius 2 is 2.19 bits per heavy atom. The fraction of sp³-hybridized carbons (Fsp3) is 0.333. The SMILES string of the molecule is CCn1cnnc1CNS(=O)(=O)c1ccc(CO)cc1Br. The Balaban J connectivity index is 2.19. The average Bonchev–Trinajstić information content (AvgIpc) is 2.92. The molecule has 1 aromatic heterocycles. The maximum atomic E-state index is 12.3. The summed E-state index contributed by atoms with van der Waals surface area (Å²) in [4.78, 5) is 0.113. The summed E-state index contributed by atoms with van der Waals surface area (Å²) in [5.74, 6) is 0.546. The molecule has 0 saturated heterocycles. The summed E-state index contributed by atoms with van der Waals surface area (Å²) in [5, 5.41) is 16.7. The van der Waals surface area contributed by atoms with Gasteiger partial charge in [0.1, 0.15) is 12.2 Å². The summed E-state index contributed by atoms with van der Waals surface area (Å²) in [6.45, 7) is 2.50. The quantitative estimate of drug-likeness (QED) is 0.786. The molecule has 0 fully saturated rings. The first kappa shape index (κ1) is 16.1. The van der Waals surface area contributed by atoms with E-state index in [4.69, 9.17) is 5.11 Å². The number of nitrogens with one attached hydrogen (secondary N) is 1. The average molecular weight is 375 g/mol. The standard InChI is InChI=1S/C12H15BrN4O3S/c1-2-17-8-14-16-12(17)6-15-21(19,20)11-4-3-9(7-18)5-10(11)13/h3-5,8,15,18H,2,6-7H2,1H3. The highest BCUT2D eigenvalue weighted by Gasteiger charge is 2.18. The van der Waals surface area contributed by atoms with Crippen LogP contribution in [-0.4, -0.2) is 28.3 Å². The van der Waals surface area contributed by atoms with Crippen LogP contribution in [0, 0.1) is 0 Å². The van der Waals surface area contributed by atoms with Crippen molar-refractivity contribution in [3.05, 3.63) is 40.4 Å². The van der Waals surface area contributed by atoms with E-state index in [1.165, 1.54) is 6.07 Å². The van der Waals surface area contributed by atoms with Crippen molar-refractivity contribution in [3.8, 4) is 0 Å². The lowest BCUT2D eigenvalue weighted by molar-refractivity contribution is 0.281. The predicted octanol–water partition coefficient (Wildman–Crippen LogP) is 1.03. The summed E-state index contributed by atoms with van der Waals surface area (Å²) >= 11 is 3.21. The molecular formula is C12H15BrN4O3S. The molecule has 2 N–H and O–H groups in total. The number of sulfonamides is 1. The number of hydrogen-bond donors (Lipinski definition) is 2. The van der Waals surface area contributed by atoms with Gasteiger partial charge >= 0.3 is 0 Å². The van der Waals surface area contributed by atoms with Crippen molar-refractivity contribution in [1.29, 1.82) is 0 Å². The van der Waals surface area contributed by atoms with Gasteiger partial charge in [-0.05, 0) is 40.5 Å². The Kier molecular flexibility index (Phi) is 5.09. The Labute approximate surface area is 131 Å². The summed E-state index contributed by atoms with van der Waals surface area (Å²) in [5.41, 5.74) is 0.631. The normalized spacial score (nSPS) is 11.8. The van der Waals surface area contributed by atoms with Crippen LogP contribution >= 0.6 is 15.9 Å². The van der Waals surface area contributed by atoms with E-state index in [-0.39, 0.29) is 18.0 Å². The van der Waals surface area contributed by atoms with Crippen molar-refractivity contribution in [2.24, 2.45) is 0 Å². The molecule has 2 aromatic rings. The van der Waals surface area contributed by atoms with Gasteiger partial charge in [-0.25, -0.2) is 13.1 Å². The van der Waals surface area contributed by atoms with E-state index < -0.39 is 10.0 Å². The minimum absolute atomic E-state index is 0.0599. The minimum atomic E-state index is -3.68. The van der Waals surface area contributed by atoms with Gasteiger partial charge in [-0.15, -0.1) is 10.2 Å². The van der Waals surface area contributed by atoms with Crippen molar-refractivity contribution in [1.82, 2.24) is 19.5 Å². The molecule has 0 unspecified atom stereocenters. The van der Waals surface area contributed by atoms with E-state index in [1.807, 2.05) is 6.92 Å². The molecule has 0 amide bonds. The Hall–Kier alpha value is -1.29. The highest BCUT2D eigenvalue weighted by molar-refractivity contribution is 9.10. The van der Waals surface area contributed by atoms with Crippen LogP contribution in [0.4, 0.5) is 0 Å². The second kappa shape index (κ2) is 6.65. The van der Waals surface area contributed by atoms with Gasteiger partial charge in [-0.2, -0.15) is 0 Å². The fourth-order valence-electron chi connectivity index (χ4n) is 1.78. The summed E-state index contributed by atoms with van der Waals surface area (Å²) in [6, 6.07) is 4.58. The largest absolute Gasteiger partial charge is 0.392 e. The molecule has 114 valence electrons. The van der Waals surface area contributed by atoms with Crippen molar-refractivity contribution in [2.75, 3.05) is 0 Å². The lowest BCUT2D eigenvalue weighted by atomic mass is 10.2. The zero-order valence-corrected chi connectivity index (χ0v) is 13.7. The number of aliphatic hydroxyl groups is 1. The molecule has 0 saturated carbocycles. The Morgan fingerprint density at radius 3 is 2.81 bits per heavy atom. The maximum absolute atomic E-state index is 12.3. The Bertz CT molecular complexity index is 730. The third-order valence-corrected chi connectivity index (χ3v) is 5.30. The van der Waals surface area contributed by atoms with Gasteiger partial charge in [0.05, 0.1) is 18.0 Å². The zero-order chi connectivity index (χ0) is 15.5. The van der Waals surface area contributed by atoms with E-state index in [1.54, 1.807) is 23.0 Å². The zero-order valence-electron chi connectivity index (χ0n) is 11.3. The lowest BCUT2D eigenvalue weighted by Crippen LogP contribution is -2.25. The maximum Gasteiger partial charge on any atom is 0.242 e. The van der Waals surface area contributed by atoms with Crippen LogP contribution in [-0.2, 0) is 29.7 Å². The van der Waals surface area contributed by atoms with Crippen LogP contribution in [0.15, 0.2) is 33.9 Å². The highest BCUT2D eigenvalue weighted by Crippen LogP contribution is 2.23. The number of halogens is 1. The molecule has 2 rings (SSSR count). The third-order valence-electron chi connectivity index (χ3n) is 2.93. The number of benzene rings is 1. The van der Waals surface area contributed by atoms with Gasteiger partial charge < -0.3 is 9.67 Å². The van der Waals surface area contributed by atoms with Crippen molar-refractivity contribution < 1.29 is 13.5 Å². The molecule has 0 bridgehead atoms. The molecule has 21 heavy (non-hydrogen) atoms. The van der Waals surface area contributed by atoms with Gasteiger partial charge in [-0.3, -0.25) is 0 Å². The second-order valence-corrected chi connectivity index (χ2v) is 6.87. The molecule has 9 heteroatoms. The summed E-state index contributed by atoms with van der Waals surface area (Å²) < 4.78 is 29.2. The molecule has 0 aliphatic heterocycles. The molecule has 0 atom stereocenters. The van der Waals surface area contributed by atoms with E-state index >= 15 is 0 Å². The van der Waals surface area contributed by atoms with E-state index in [9.17, 15) is 8.42 Å². The summed E-state index contributed by atoms with van der Waals surface area (Å²) in [7, 11) is -3.68. The molecule has 0 aliphatic carbocycles. The van der Waals surface area contributed by atoms with Crippen LogP contribution in [0.25, 0.3) is 0 Å². The first-order valence-electron chi connectivity index (χ1n) is 6.23. The lowest BCUT2D eigenvalue weighted by Gasteiger charge is -2.09. The second-order valence-electron chi connectivity index (χ2n) is 4.28. The van der Waals surface area contributed by atoms with Crippen LogP contribution in [0.2, 0.25) is 0 Å². The van der Waals surface area contributed by atoms with Crippen molar-refractivity contribution in [2.45, 2.75) is 31.5 Å². The minimum Gasteiger partial charge on any atom is -0.392 e. The number of hydrogen-bond acceptors (Lipinski definition) is 5. The number of nitrogens with zero attached hydrogens (tertiary/aromatic N) is 3. The van der Waals surface area contributed by atoms with Gasteiger partial charge in [0.15, 0.2) is 0 Å². The molecule has 0 spiro atoms. The van der Waals surface area contributed by atoms with Gasteiger partial charge in [0, 0.05) is 11.0 Å². The number of aliphatic hydroxyl groups excluding tert-OH is 1. The molecule has 1 heterocycles. The number of aromatic nitrogens is 3. The van der Waals surface area contributed by atoms with Crippen LogP contribution in [0.1, 0.15) is 18.3 Å². The fourth-order valence-corrected chi connectivity index (χ4v) is 3.88. The van der Waals surface area contributed by atoms with Crippen LogP contribution < -0.4 is 4.72 Å². The monoisotopic (exact) mass is 374 g/mol. The molecule has 0 radical (unpaired) electrons. The topological polar surface area (TPSA) is 97.1 Å². The van der Waals surface area contributed by atoms with Crippen LogP contribution in [0.3, 0.4) is 0 Å². The van der Waals surface area contributed by atoms with Gasteiger partial charge in [0.2, 0.25) is 10.0 Å². The van der Waals surface area contributed by atoms with Crippen molar-refractivity contribution >= 4 is 26.0 Å². The summed E-state index contributed by atoms with van der Waals surface area (Å²) in [6.07, 6.45) is 1.55.